The maximum absolute atomic E-state index is 4.52. The molecule has 0 saturated carbocycles. The zero-order valence-electron chi connectivity index (χ0n) is 12.9. The molecule has 112 valence electrons. The van der Waals surface area contributed by atoms with E-state index in [9.17, 15) is 0 Å². The fraction of sp³-hybridized carbons (Fsp3) is 0.389. The van der Waals surface area contributed by atoms with Gasteiger partial charge in [-0.15, -0.1) is 0 Å². The molecule has 1 heterocycles. The van der Waals surface area contributed by atoms with Crippen LogP contribution in [-0.2, 0) is 0 Å². The van der Waals surface area contributed by atoms with E-state index in [1.807, 2.05) is 12.3 Å². The van der Waals surface area contributed by atoms with Crippen molar-refractivity contribution in [1.82, 2.24) is 10.3 Å². The third kappa shape index (κ3) is 4.14. The van der Waals surface area contributed by atoms with Crippen molar-refractivity contribution >= 4 is 15.9 Å². The highest BCUT2D eigenvalue weighted by Gasteiger charge is 2.21. The molecule has 0 aliphatic heterocycles. The van der Waals surface area contributed by atoms with E-state index in [0.29, 0.717) is 5.92 Å². The summed E-state index contributed by atoms with van der Waals surface area (Å²) < 4.78 is 1.16. The van der Waals surface area contributed by atoms with Crippen LogP contribution in [0.5, 0.6) is 0 Å². The van der Waals surface area contributed by atoms with Crippen molar-refractivity contribution in [2.75, 3.05) is 6.54 Å². The molecule has 0 bridgehead atoms. The summed E-state index contributed by atoms with van der Waals surface area (Å²) in [5.41, 5.74) is 3.69. The molecule has 21 heavy (non-hydrogen) atoms. The number of benzene rings is 1. The van der Waals surface area contributed by atoms with Crippen LogP contribution < -0.4 is 5.32 Å². The highest BCUT2D eigenvalue weighted by Crippen LogP contribution is 2.31. The predicted molar refractivity (Wildman–Crippen MR) is 92.6 cm³/mol. The van der Waals surface area contributed by atoms with E-state index in [1.54, 1.807) is 0 Å². The topological polar surface area (TPSA) is 24.9 Å². The summed E-state index contributed by atoms with van der Waals surface area (Å²) in [6.07, 6.45) is 2.99. The lowest BCUT2D eigenvalue weighted by molar-refractivity contribution is 0.459. The molecule has 0 spiro atoms. The van der Waals surface area contributed by atoms with E-state index in [-0.39, 0.29) is 6.04 Å². The Hall–Kier alpha value is -1.19. The molecular weight excluding hydrogens is 324 g/mol. The van der Waals surface area contributed by atoms with Gasteiger partial charge in [-0.1, -0.05) is 48.0 Å². The first-order chi connectivity index (χ1) is 10.1. The zero-order valence-corrected chi connectivity index (χ0v) is 14.5. The maximum Gasteiger partial charge on any atom is 0.0450 e. The SMILES string of the molecule is CCCNC(c1ccc(C)c(Br)c1)C(C)c1ccccn1. The third-order valence-electron chi connectivity index (χ3n) is 3.82. The number of aromatic nitrogens is 1. The van der Waals surface area contributed by atoms with Crippen molar-refractivity contribution in [3.8, 4) is 0 Å². The lowest BCUT2D eigenvalue weighted by Crippen LogP contribution is -2.27. The molecule has 0 aliphatic rings. The Kier molecular flexibility index (Phi) is 5.95. The molecule has 2 unspecified atom stereocenters. The molecule has 1 aromatic heterocycles. The molecule has 1 aromatic carbocycles. The predicted octanol–water partition coefficient (Wildman–Crippen LogP) is 5.00. The van der Waals surface area contributed by atoms with Gasteiger partial charge in [0.1, 0.15) is 0 Å². The number of halogens is 1. The van der Waals surface area contributed by atoms with Gasteiger partial charge in [0.15, 0.2) is 0 Å². The van der Waals surface area contributed by atoms with Crippen LogP contribution in [0.1, 0.15) is 49.0 Å². The van der Waals surface area contributed by atoms with E-state index in [4.69, 9.17) is 0 Å². The highest BCUT2D eigenvalue weighted by molar-refractivity contribution is 9.10. The van der Waals surface area contributed by atoms with Gasteiger partial charge in [0.25, 0.3) is 0 Å². The molecule has 2 aromatic rings. The Balaban J connectivity index is 2.31. The first-order valence-corrected chi connectivity index (χ1v) is 8.33. The van der Waals surface area contributed by atoms with Crippen LogP contribution in [0.15, 0.2) is 47.1 Å². The number of nitrogens with one attached hydrogen (secondary N) is 1. The van der Waals surface area contributed by atoms with Gasteiger partial charge in [-0.05, 0) is 49.2 Å². The Morgan fingerprint density at radius 1 is 1.24 bits per heavy atom. The Morgan fingerprint density at radius 3 is 2.67 bits per heavy atom. The summed E-state index contributed by atoms with van der Waals surface area (Å²) in [6.45, 7) is 7.56. The Morgan fingerprint density at radius 2 is 2.05 bits per heavy atom. The quantitative estimate of drug-likeness (QED) is 0.796. The van der Waals surface area contributed by atoms with Crippen molar-refractivity contribution in [2.24, 2.45) is 0 Å². The molecule has 2 nitrogen and oxygen atoms in total. The van der Waals surface area contributed by atoms with Crippen molar-refractivity contribution in [3.05, 3.63) is 63.9 Å². The molecule has 0 radical (unpaired) electrons. The van der Waals surface area contributed by atoms with Crippen LogP contribution in [-0.4, -0.2) is 11.5 Å². The molecular formula is C18H23BrN2. The molecule has 0 aliphatic carbocycles. The van der Waals surface area contributed by atoms with Crippen molar-refractivity contribution in [2.45, 2.75) is 39.2 Å². The van der Waals surface area contributed by atoms with E-state index in [1.165, 1.54) is 11.1 Å². The summed E-state index contributed by atoms with van der Waals surface area (Å²) in [5, 5.41) is 3.67. The Bertz CT molecular complexity index is 569. The van der Waals surface area contributed by atoms with Crippen molar-refractivity contribution < 1.29 is 0 Å². The lowest BCUT2D eigenvalue weighted by Gasteiger charge is -2.26. The second kappa shape index (κ2) is 7.71. The summed E-state index contributed by atoms with van der Waals surface area (Å²) >= 11 is 3.64. The van der Waals surface area contributed by atoms with Crippen LogP contribution in [0, 0.1) is 6.92 Å². The number of hydrogen-bond acceptors (Lipinski definition) is 2. The van der Waals surface area contributed by atoms with E-state index in [0.717, 1.165) is 23.1 Å². The smallest absolute Gasteiger partial charge is 0.0450 e. The molecule has 0 fully saturated rings. The van der Waals surface area contributed by atoms with Crippen molar-refractivity contribution in [3.63, 3.8) is 0 Å². The monoisotopic (exact) mass is 346 g/mol. The maximum atomic E-state index is 4.52. The Labute approximate surface area is 136 Å². The lowest BCUT2D eigenvalue weighted by atomic mass is 9.91. The molecule has 2 rings (SSSR count). The van der Waals surface area contributed by atoms with Gasteiger partial charge < -0.3 is 5.32 Å². The van der Waals surface area contributed by atoms with Gasteiger partial charge >= 0.3 is 0 Å². The average molecular weight is 347 g/mol. The normalized spacial score (nSPS) is 13.9. The average Bonchev–Trinajstić information content (AvgIpc) is 2.51. The summed E-state index contributed by atoms with van der Waals surface area (Å²) in [7, 11) is 0. The second-order valence-electron chi connectivity index (χ2n) is 5.48. The van der Waals surface area contributed by atoms with Gasteiger partial charge in [-0.3, -0.25) is 4.98 Å². The highest BCUT2D eigenvalue weighted by atomic mass is 79.9. The van der Waals surface area contributed by atoms with E-state index < -0.39 is 0 Å². The van der Waals surface area contributed by atoms with Crippen LogP contribution in [0.4, 0.5) is 0 Å². The second-order valence-corrected chi connectivity index (χ2v) is 6.34. The first-order valence-electron chi connectivity index (χ1n) is 7.53. The minimum atomic E-state index is 0.275. The number of nitrogens with zero attached hydrogens (tertiary/aromatic N) is 1. The zero-order chi connectivity index (χ0) is 15.2. The number of aryl methyl sites for hydroxylation is 1. The molecule has 3 heteroatoms. The standard InChI is InChI=1S/C18H23BrN2/c1-4-10-21-18(14(3)17-7-5-6-11-20-17)15-9-8-13(2)16(19)12-15/h5-9,11-12,14,18,21H,4,10H2,1-3H3. The molecule has 0 amide bonds. The minimum absolute atomic E-state index is 0.275. The molecule has 0 saturated heterocycles. The minimum Gasteiger partial charge on any atom is -0.309 e. The van der Waals surface area contributed by atoms with Gasteiger partial charge in [0, 0.05) is 28.3 Å². The number of rotatable bonds is 6. The number of hydrogen-bond donors (Lipinski definition) is 1. The molecule has 1 N–H and O–H groups in total. The summed E-state index contributed by atoms with van der Waals surface area (Å²) in [4.78, 5) is 4.52. The fourth-order valence-electron chi connectivity index (χ4n) is 2.50. The van der Waals surface area contributed by atoms with Crippen molar-refractivity contribution in [1.29, 1.82) is 0 Å². The number of pyridine rings is 1. The van der Waals surface area contributed by atoms with Crippen LogP contribution in [0.2, 0.25) is 0 Å². The van der Waals surface area contributed by atoms with Gasteiger partial charge in [-0.25, -0.2) is 0 Å². The van der Waals surface area contributed by atoms with Crippen LogP contribution >= 0.6 is 15.9 Å². The first kappa shape index (κ1) is 16.2. The van der Waals surface area contributed by atoms with Crippen LogP contribution in [0.25, 0.3) is 0 Å². The van der Waals surface area contributed by atoms with Gasteiger partial charge in [0.05, 0.1) is 0 Å². The third-order valence-corrected chi connectivity index (χ3v) is 4.68. The molecule has 2 atom stereocenters. The fourth-order valence-corrected chi connectivity index (χ4v) is 2.90. The van der Waals surface area contributed by atoms with E-state index >= 15 is 0 Å². The largest absolute Gasteiger partial charge is 0.309 e. The van der Waals surface area contributed by atoms with Gasteiger partial charge in [-0.2, -0.15) is 0 Å². The summed E-state index contributed by atoms with van der Waals surface area (Å²) in [5.74, 6) is 0.326. The van der Waals surface area contributed by atoms with E-state index in [2.05, 4.69) is 77.3 Å². The summed E-state index contributed by atoms with van der Waals surface area (Å²) in [6, 6.07) is 13.0. The van der Waals surface area contributed by atoms with Gasteiger partial charge in [0.2, 0.25) is 0 Å². The van der Waals surface area contributed by atoms with Crippen LogP contribution in [0.3, 0.4) is 0 Å².